The first-order chi connectivity index (χ1) is 7.43. The van der Waals surface area contributed by atoms with Crippen molar-refractivity contribution in [3.8, 4) is 0 Å². The fourth-order valence-corrected chi connectivity index (χ4v) is 3.06. The Bertz CT molecular complexity index is 350. The summed E-state index contributed by atoms with van der Waals surface area (Å²) in [6, 6.07) is 4.62. The van der Waals surface area contributed by atoms with Crippen LogP contribution < -0.4 is 0 Å². The third kappa shape index (κ3) is 1.80. The van der Waals surface area contributed by atoms with Crippen LogP contribution in [0.1, 0.15) is 61.4 Å². The molecule has 1 fully saturated rings. The first kappa shape index (κ1) is 9.38. The first-order valence-corrected chi connectivity index (χ1v) is 6.42. The van der Waals surface area contributed by atoms with E-state index in [2.05, 4.69) is 12.1 Å². The lowest BCUT2D eigenvalue weighted by Crippen LogP contribution is -2.07. The van der Waals surface area contributed by atoms with Gasteiger partial charge in [-0.2, -0.15) is 0 Å². The van der Waals surface area contributed by atoms with E-state index in [0.29, 0.717) is 0 Å². The molecule has 0 bridgehead atoms. The van der Waals surface area contributed by atoms with Gasteiger partial charge in [0.15, 0.2) is 0 Å². The van der Waals surface area contributed by atoms with E-state index < -0.39 is 0 Å². The van der Waals surface area contributed by atoms with Crippen molar-refractivity contribution in [2.45, 2.75) is 57.3 Å². The summed E-state index contributed by atoms with van der Waals surface area (Å²) in [5, 5.41) is 0. The molecule has 0 spiro atoms. The third-order valence-corrected chi connectivity index (χ3v) is 3.97. The summed E-state index contributed by atoms with van der Waals surface area (Å²) >= 11 is 0. The third-order valence-electron chi connectivity index (χ3n) is 3.97. The van der Waals surface area contributed by atoms with Crippen LogP contribution in [-0.2, 0) is 12.8 Å². The molecule has 1 nitrogen and oxygen atoms in total. The minimum atomic E-state index is 0.768. The summed E-state index contributed by atoms with van der Waals surface area (Å²) in [6.45, 7) is 0. The number of rotatable bonds is 1. The van der Waals surface area contributed by atoms with E-state index in [-0.39, 0.29) is 0 Å². The van der Waals surface area contributed by atoms with Gasteiger partial charge in [-0.3, -0.25) is 4.98 Å². The Labute approximate surface area is 91.9 Å². The lowest BCUT2D eigenvalue weighted by molar-refractivity contribution is 0.436. The fourth-order valence-electron chi connectivity index (χ4n) is 3.06. The number of hydrogen-bond donors (Lipinski definition) is 0. The summed E-state index contributed by atoms with van der Waals surface area (Å²) in [5.74, 6) is 0.768. The Morgan fingerprint density at radius 1 is 0.933 bits per heavy atom. The van der Waals surface area contributed by atoms with Crippen LogP contribution in [-0.4, -0.2) is 4.98 Å². The molecule has 0 amide bonds. The Balaban J connectivity index is 1.85. The summed E-state index contributed by atoms with van der Waals surface area (Å²) in [5.41, 5.74) is 4.29. The molecule has 1 aromatic rings. The number of aryl methyl sites for hydroxylation is 2. The van der Waals surface area contributed by atoms with E-state index in [1.807, 2.05) is 0 Å². The highest BCUT2D eigenvalue weighted by Gasteiger charge is 2.19. The number of aromatic nitrogens is 1. The van der Waals surface area contributed by atoms with Crippen molar-refractivity contribution >= 4 is 0 Å². The van der Waals surface area contributed by atoms with Crippen molar-refractivity contribution in [3.05, 3.63) is 29.1 Å². The Kier molecular flexibility index (Phi) is 2.47. The molecule has 1 heterocycles. The van der Waals surface area contributed by atoms with E-state index >= 15 is 0 Å². The molecule has 3 rings (SSSR count). The maximum Gasteiger partial charge on any atom is 0.0439 e. The second-order valence-electron chi connectivity index (χ2n) is 5.03. The van der Waals surface area contributed by atoms with Gasteiger partial charge < -0.3 is 0 Å². The lowest BCUT2D eigenvalue weighted by Gasteiger charge is -2.21. The summed E-state index contributed by atoms with van der Waals surface area (Å²) in [6.07, 6.45) is 10.8. The predicted molar refractivity (Wildman–Crippen MR) is 62.1 cm³/mol. The zero-order valence-corrected chi connectivity index (χ0v) is 9.34. The van der Waals surface area contributed by atoms with E-state index in [9.17, 15) is 0 Å². The van der Waals surface area contributed by atoms with Crippen molar-refractivity contribution in [3.63, 3.8) is 0 Å². The summed E-state index contributed by atoms with van der Waals surface area (Å²) in [4.78, 5) is 4.88. The molecule has 0 aliphatic heterocycles. The van der Waals surface area contributed by atoms with Crippen LogP contribution in [0.2, 0.25) is 0 Å². The van der Waals surface area contributed by atoms with Crippen molar-refractivity contribution in [1.29, 1.82) is 0 Å². The molecular formula is C14H19N. The molecule has 2 aliphatic rings. The SMILES string of the molecule is c1cc2c(nc1C1CCCCC1)CCC2. The predicted octanol–water partition coefficient (Wildman–Crippen LogP) is 3.62. The first-order valence-electron chi connectivity index (χ1n) is 6.42. The monoisotopic (exact) mass is 201 g/mol. The second kappa shape index (κ2) is 3.96. The smallest absolute Gasteiger partial charge is 0.0439 e. The Hall–Kier alpha value is -0.850. The highest BCUT2D eigenvalue weighted by molar-refractivity contribution is 5.28. The zero-order chi connectivity index (χ0) is 10.1. The Morgan fingerprint density at radius 3 is 2.67 bits per heavy atom. The minimum Gasteiger partial charge on any atom is -0.257 e. The molecule has 0 atom stereocenters. The normalized spacial score (nSPS) is 21.6. The molecule has 1 aromatic heterocycles. The standard InChI is InChI=1S/C14H19N/c1-2-5-11(6-3-1)14-10-9-12-7-4-8-13(12)15-14/h9-11H,1-8H2. The van der Waals surface area contributed by atoms with Gasteiger partial charge in [-0.15, -0.1) is 0 Å². The molecular weight excluding hydrogens is 182 g/mol. The van der Waals surface area contributed by atoms with E-state index in [0.717, 1.165) is 5.92 Å². The number of pyridine rings is 1. The number of nitrogens with zero attached hydrogens (tertiary/aromatic N) is 1. The van der Waals surface area contributed by atoms with Crippen LogP contribution in [0, 0.1) is 0 Å². The van der Waals surface area contributed by atoms with Gasteiger partial charge in [-0.25, -0.2) is 0 Å². The summed E-state index contributed by atoms with van der Waals surface area (Å²) < 4.78 is 0. The van der Waals surface area contributed by atoms with Crippen molar-refractivity contribution in [2.24, 2.45) is 0 Å². The number of fused-ring (bicyclic) bond motifs is 1. The van der Waals surface area contributed by atoms with Crippen LogP contribution >= 0.6 is 0 Å². The van der Waals surface area contributed by atoms with Crippen molar-refractivity contribution < 1.29 is 0 Å². The summed E-state index contributed by atoms with van der Waals surface area (Å²) in [7, 11) is 0. The highest BCUT2D eigenvalue weighted by atomic mass is 14.7. The van der Waals surface area contributed by atoms with E-state index in [1.54, 1.807) is 0 Å². The van der Waals surface area contributed by atoms with Gasteiger partial charge in [0.2, 0.25) is 0 Å². The average Bonchev–Trinajstić information content (AvgIpc) is 2.77. The van der Waals surface area contributed by atoms with E-state index in [1.165, 1.54) is 68.3 Å². The molecule has 2 aliphatic carbocycles. The van der Waals surface area contributed by atoms with E-state index in [4.69, 9.17) is 4.98 Å². The van der Waals surface area contributed by atoms with Gasteiger partial charge in [0.25, 0.3) is 0 Å². The van der Waals surface area contributed by atoms with Gasteiger partial charge >= 0.3 is 0 Å². The van der Waals surface area contributed by atoms with Crippen LogP contribution in [0.3, 0.4) is 0 Å². The van der Waals surface area contributed by atoms with Crippen molar-refractivity contribution in [2.75, 3.05) is 0 Å². The molecule has 0 radical (unpaired) electrons. The van der Waals surface area contributed by atoms with Crippen molar-refractivity contribution in [1.82, 2.24) is 4.98 Å². The van der Waals surface area contributed by atoms with Gasteiger partial charge in [0.1, 0.15) is 0 Å². The van der Waals surface area contributed by atoms with Crippen LogP contribution in [0.5, 0.6) is 0 Å². The average molecular weight is 201 g/mol. The lowest BCUT2D eigenvalue weighted by atomic mass is 9.86. The second-order valence-corrected chi connectivity index (χ2v) is 5.03. The molecule has 0 aromatic carbocycles. The highest BCUT2D eigenvalue weighted by Crippen LogP contribution is 2.32. The minimum absolute atomic E-state index is 0.768. The molecule has 0 N–H and O–H groups in total. The maximum atomic E-state index is 4.88. The molecule has 0 unspecified atom stereocenters. The largest absolute Gasteiger partial charge is 0.257 e. The molecule has 1 saturated carbocycles. The molecule has 1 heteroatoms. The molecule has 80 valence electrons. The fraction of sp³-hybridized carbons (Fsp3) is 0.643. The Morgan fingerprint density at radius 2 is 1.80 bits per heavy atom. The maximum absolute atomic E-state index is 4.88. The number of hydrogen-bond acceptors (Lipinski definition) is 1. The van der Waals surface area contributed by atoms with Gasteiger partial charge in [0, 0.05) is 17.3 Å². The zero-order valence-electron chi connectivity index (χ0n) is 9.34. The molecule has 0 saturated heterocycles. The van der Waals surface area contributed by atoms with Gasteiger partial charge in [-0.05, 0) is 43.7 Å². The quantitative estimate of drug-likeness (QED) is 0.676. The van der Waals surface area contributed by atoms with Crippen LogP contribution in [0.4, 0.5) is 0 Å². The van der Waals surface area contributed by atoms with Gasteiger partial charge in [0.05, 0.1) is 0 Å². The van der Waals surface area contributed by atoms with Crippen LogP contribution in [0.25, 0.3) is 0 Å². The molecule has 15 heavy (non-hydrogen) atoms. The van der Waals surface area contributed by atoms with Crippen LogP contribution in [0.15, 0.2) is 12.1 Å². The topological polar surface area (TPSA) is 12.9 Å². The van der Waals surface area contributed by atoms with Gasteiger partial charge in [-0.1, -0.05) is 25.3 Å².